The highest BCUT2D eigenvalue weighted by Gasteiger charge is 2.44. The molecule has 2 aliphatic heterocycles. The number of aryl methyl sites for hydroxylation is 1. The average Bonchev–Trinajstić information content (AvgIpc) is 3.78. The molecule has 0 saturated carbocycles. The summed E-state index contributed by atoms with van der Waals surface area (Å²) in [6.07, 6.45) is 4.49. The van der Waals surface area contributed by atoms with Gasteiger partial charge in [-0.25, -0.2) is 19.2 Å². The van der Waals surface area contributed by atoms with E-state index in [1.807, 2.05) is 50.1 Å². The number of hydrogen-bond donors (Lipinski definition) is 3. The Morgan fingerprint density at radius 3 is 2.76 bits per heavy atom. The Bertz CT molecular complexity index is 1710. The van der Waals surface area contributed by atoms with Crippen LogP contribution in [0.2, 0.25) is 0 Å². The minimum Gasteiger partial charge on any atom is -0.478 e. The number of alkyl halides is 1. The van der Waals surface area contributed by atoms with E-state index in [0.29, 0.717) is 48.4 Å². The number of aromatic amines is 1. The first-order chi connectivity index (χ1) is 21.5. The molecule has 3 aromatic heterocycles. The second kappa shape index (κ2) is 12.0. The van der Waals surface area contributed by atoms with Gasteiger partial charge in [-0.05, 0) is 39.3 Å². The van der Waals surface area contributed by atoms with Crippen molar-refractivity contribution in [3.63, 3.8) is 0 Å². The highest BCUT2D eigenvalue weighted by atomic mass is 19.1. The minimum atomic E-state index is -1.13. The first-order valence-electron chi connectivity index (χ1n) is 15.0. The lowest BCUT2D eigenvalue weighted by Crippen LogP contribution is -2.47. The molecule has 0 bridgehead atoms. The molecule has 2 aliphatic rings. The summed E-state index contributed by atoms with van der Waals surface area (Å²) in [5, 5.41) is 11.3. The van der Waals surface area contributed by atoms with E-state index in [0.717, 1.165) is 16.5 Å². The number of para-hydroxylation sites is 1. The number of H-pyrrole nitrogens is 1. The number of carbonyl (C=O) groups excluding carboxylic acids is 2. The van der Waals surface area contributed by atoms with Gasteiger partial charge in [0.05, 0.1) is 36.2 Å². The van der Waals surface area contributed by atoms with Crippen LogP contribution in [0.3, 0.4) is 0 Å². The summed E-state index contributed by atoms with van der Waals surface area (Å²) in [6, 6.07) is 6.63. The number of anilines is 3. The molecule has 2 fully saturated rings. The maximum Gasteiger partial charge on any atom is 0.410 e. The third-order valence-corrected chi connectivity index (χ3v) is 8.01. The Kier molecular flexibility index (Phi) is 8.08. The molecular formula is C31H38FN9O4. The van der Waals surface area contributed by atoms with Crippen LogP contribution in [0.15, 0.2) is 42.9 Å². The maximum atomic E-state index is 14.8. The highest BCUT2D eigenvalue weighted by molar-refractivity contribution is 6.06. The fourth-order valence-corrected chi connectivity index (χ4v) is 6.05. The lowest BCUT2D eigenvalue weighted by atomic mass is 10.1. The third-order valence-electron chi connectivity index (χ3n) is 8.01. The Morgan fingerprint density at radius 2 is 1.98 bits per heavy atom. The first-order valence-corrected chi connectivity index (χ1v) is 15.0. The van der Waals surface area contributed by atoms with E-state index in [-0.39, 0.29) is 31.0 Å². The topological polar surface area (TPSA) is 143 Å². The Labute approximate surface area is 260 Å². The number of fused-ring (bicyclic) bond motifs is 1. The van der Waals surface area contributed by atoms with Gasteiger partial charge in [-0.2, -0.15) is 0 Å². The summed E-state index contributed by atoms with van der Waals surface area (Å²) in [7, 11) is 3.34. The number of amides is 2. The van der Waals surface area contributed by atoms with Crippen LogP contribution in [-0.4, -0.2) is 97.1 Å². The summed E-state index contributed by atoms with van der Waals surface area (Å²) in [4.78, 5) is 42.1. The number of nitrogens with zero attached hydrogens (tertiary/aromatic N) is 6. The van der Waals surface area contributed by atoms with Crippen LogP contribution in [0.25, 0.3) is 22.2 Å². The van der Waals surface area contributed by atoms with E-state index >= 15 is 0 Å². The van der Waals surface area contributed by atoms with Gasteiger partial charge in [-0.1, -0.05) is 12.1 Å². The van der Waals surface area contributed by atoms with Gasteiger partial charge in [0.2, 0.25) is 11.9 Å². The molecule has 5 heterocycles. The normalized spacial score (nSPS) is 20.5. The van der Waals surface area contributed by atoms with Crippen molar-refractivity contribution >= 4 is 40.2 Å². The van der Waals surface area contributed by atoms with Gasteiger partial charge in [0.1, 0.15) is 17.5 Å². The van der Waals surface area contributed by atoms with E-state index in [9.17, 15) is 14.0 Å². The molecule has 14 heteroatoms. The standard InChI is InChI=1S/C31H38FN9O4/c1-31(2,3)45-30(43)40-12-10-19(16-40)41-15-18(32)13-25(41)27(42)35-23-8-6-7-20-21(14-34-26(20)23)22-9-11-33-29(36-22)37-24-17-39(4)38-28(24)44-5/h6-9,11,14,17-19,25,34H,10,12-13,15-16H2,1-5H3,(H,35,42)(H,33,36,37)/t18-,19?,25+/m0/s1. The van der Waals surface area contributed by atoms with Crippen LogP contribution in [0, 0.1) is 0 Å². The van der Waals surface area contributed by atoms with Crippen molar-refractivity contribution in [2.24, 2.45) is 7.05 Å². The quantitative estimate of drug-likeness (QED) is 0.273. The molecule has 1 aromatic carbocycles. The molecule has 2 amide bonds. The van der Waals surface area contributed by atoms with Crippen molar-refractivity contribution in [1.82, 2.24) is 34.5 Å². The number of nitrogens with one attached hydrogen (secondary N) is 3. The molecule has 238 valence electrons. The van der Waals surface area contributed by atoms with Crippen LogP contribution >= 0.6 is 0 Å². The summed E-state index contributed by atoms with van der Waals surface area (Å²) in [5.41, 5.74) is 2.83. The molecular weight excluding hydrogens is 581 g/mol. The number of benzene rings is 1. The van der Waals surface area contributed by atoms with E-state index in [1.54, 1.807) is 42.2 Å². The Balaban J connectivity index is 1.18. The molecule has 2 saturated heterocycles. The van der Waals surface area contributed by atoms with E-state index in [2.05, 4.69) is 25.7 Å². The molecule has 4 aromatic rings. The minimum absolute atomic E-state index is 0.0964. The van der Waals surface area contributed by atoms with Crippen LogP contribution in [-0.2, 0) is 16.6 Å². The third kappa shape index (κ3) is 6.41. The zero-order valence-corrected chi connectivity index (χ0v) is 26.0. The van der Waals surface area contributed by atoms with Crippen LogP contribution < -0.4 is 15.4 Å². The van der Waals surface area contributed by atoms with Crippen molar-refractivity contribution in [3.8, 4) is 17.1 Å². The lowest BCUT2D eigenvalue weighted by Gasteiger charge is -2.30. The van der Waals surface area contributed by atoms with E-state index < -0.39 is 17.8 Å². The predicted octanol–water partition coefficient (Wildman–Crippen LogP) is 4.47. The van der Waals surface area contributed by atoms with Crippen molar-refractivity contribution in [2.75, 3.05) is 37.4 Å². The number of ether oxygens (including phenoxy) is 2. The molecule has 1 unspecified atom stereocenters. The Hall–Kier alpha value is -4.72. The summed E-state index contributed by atoms with van der Waals surface area (Å²) >= 11 is 0. The number of rotatable bonds is 7. The molecule has 0 radical (unpaired) electrons. The van der Waals surface area contributed by atoms with E-state index in [1.165, 1.54) is 0 Å². The first kappa shape index (κ1) is 30.3. The van der Waals surface area contributed by atoms with Gasteiger partial charge in [-0.15, -0.1) is 5.10 Å². The van der Waals surface area contributed by atoms with Gasteiger partial charge >= 0.3 is 6.09 Å². The summed E-state index contributed by atoms with van der Waals surface area (Å²) in [6.45, 7) is 6.52. The van der Waals surface area contributed by atoms with Gasteiger partial charge in [0, 0.05) is 62.5 Å². The zero-order chi connectivity index (χ0) is 31.9. The molecule has 13 nitrogen and oxygen atoms in total. The summed E-state index contributed by atoms with van der Waals surface area (Å²) < 4.78 is 27.2. The molecule has 3 N–H and O–H groups in total. The number of halogens is 1. The van der Waals surface area contributed by atoms with Gasteiger partial charge in [0.25, 0.3) is 5.88 Å². The van der Waals surface area contributed by atoms with Crippen molar-refractivity contribution < 1.29 is 23.5 Å². The number of methoxy groups -OCH3 is 1. The second-order valence-corrected chi connectivity index (χ2v) is 12.5. The largest absolute Gasteiger partial charge is 0.478 e. The number of aromatic nitrogens is 5. The fourth-order valence-electron chi connectivity index (χ4n) is 6.05. The number of likely N-dealkylation sites (tertiary alicyclic amines) is 2. The monoisotopic (exact) mass is 619 g/mol. The van der Waals surface area contributed by atoms with Crippen molar-refractivity contribution in [3.05, 3.63) is 42.9 Å². The number of hydrogen-bond acceptors (Lipinski definition) is 9. The van der Waals surface area contributed by atoms with Crippen LogP contribution in [0.5, 0.6) is 5.88 Å². The predicted molar refractivity (Wildman–Crippen MR) is 167 cm³/mol. The van der Waals surface area contributed by atoms with Crippen molar-refractivity contribution in [1.29, 1.82) is 0 Å². The van der Waals surface area contributed by atoms with Crippen LogP contribution in [0.1, 0.15) is 33.6 Å². The van der Waals surface area contributed by atoms with E-state index in [4.69, 9.17) is 14.5 Å². The molecule has 45 heavy (non-hydrogen) atoms. The summed E-state index contributed by atoms with van der Waals surface area (Å²) in [5.74, 6) is 0.512. The zero-order valence-electron chi connectivity index (χ0n) is 26.0. The number of carbonyl (C=O) groups is 2. The second-order valence-electron chi connectivity index (χ2n) is 12.5. The van der Waals surface area contributed by atoms with Gasteiger partial charge in [-0.3, -0.25) is 14.4 Å². The average molecular weight is 620 g/mol. The van der Waals surface area contributed by atoms with Crippen molar-refractivity contribution in [2.45, 2.75) is 57.5 Å². The molecule has 0 spiro atoms. The lowest BCUT2D eigenvalue weighted by molar-refractivity contribution is -0.121. The molecule has 3 atom stereocenters. The molecule has 0 aliphatic carbocycles. The SMILES string of the molecule is COc1nn(C)cc1Nc1nccc(-c2c[nH]c3c(NC(=O)[C@H]4C[C@H](F)CN4C4CCN(C(=O)OC(C)(C)C)C4)cccc23)n1. The van der Waals surface area contributed by atoms with Gasteiger partial charge in [0.15, 0.2) is 0 Å². The maximum absolute atomic E-state index is 14.8. The fraction of sp³-hybridized carbons (Fsp3) is 0.452. The smallest absolute Gasteiger partial charge is 0.410 e. The Morgan fingerprint density at radius 1 is 1.16 bits per heavy atom. The van der Waals surface area contributed by atoms with Crippen LogP contribution in [0.4, 0.5) is 26.5 Å². The van der Waals surface area contributed by atoms with Gasteiger partial charge < -0.3 is 30.0 Å². The molecule has 6 rings (SSSR count). The highest BCUT2D eigenvalue weighted by Crippen LogP contribution is 2.34.